The summed E-state index contributed by atoms with van der Waals surface area (Å²) in [4.78, 5) is 13.8. The second-order valence-electron chi connectivity index (χ2n) is 3.69. The van der Waals surface area contributed by atoms with Gasteiger partial charge < -0.3 is 4.98 Å². The molecule has 2 aromatic rings. The number of hydrogen-bond acceptors (Lipinski definition) is 2. The molecule has 0 aliphatic heterocycles. The lowest BCUT2D eigenvalue weighted by atomic mass is 10.1. The summed E-state index contributed by atoms with van der Waals surface area (Å²) in [6.45, 7) is 4.03. The summed E-state index contributed by atoms with van der Waals surface area (Å²) in [6, 6.07) is 3.58. The maximum atomic E-state index is 11.0. The largest absolute Gasteiger partial charge is 0.353 e. The number of fused-ring (bicyclic) bond motifs is 1. The lowest BCUT2D eigenvalue weighted by Crippen LogP contribution is -1.90. The molecule has 0 atom stereocenters. The molecule has 0 unspecified atom stereocenters. The van der Waals surface area contributed by atoms with E-state index in [1.807, 2.05) is 19.9 Å². The number of aromatic nitrogens is 1. The van der Waals surface area contributed by atoms with Crippen LogP contribution in [0.25, 0.3) is 10.9 Å². The lowest BCUT2D eigenvalue weighted by Gasteiger charge is -1.96. The number of nitro groups is 1. The number of benzene rings is 1. The molecule has 5 heteroatoms. The van der Waals surface area contributed by atoms with Gasteiger partial charge in [0.1, 0.15) is 5.52 Å². The van der Waals surface area contributed by atoms with Crippen molar-refractivity contribution in [2.24, 2.45) is 0 Å². The minimum atomic E-state index is -0.333. The molecule has 4 nitrogen and oxygen atoms in total. The minimum absolute atomic E-state index is 0.157. The summed E-state index contributed by atoms with van der Waals surface area (Å²) in [6.07, 6.45) is 0.855. The molecular formula is C11H11IN2O2. The molecule has 0 aliphatic carbocycles. The van der Waals surface area contributed by atoms with Crippen molar-refractivity contribution >= 4 is 39.2 Å². The summed E-state index contributed by atoms with van der Waals surface area (Å²) >= 11 is 2.11. The molecule has 0 saturated carbocycles. The van der Waals surface area contributed by atoms with Gasteiger partial charge in [0, 0.05) is 20.7 Å². The molecule has 1 N–H and O–H groups in total. The molecule has 2 rings (SSSR count). The summed E-state index contributed by atoms with van der Waals surface area (Å²) in [7, 11) is 0. The highest BCUT2D eigenvalue weighted by atomic mass is 127. The van der Waals surface area contributed by atoms with Gasteiger partial charge in [-0.2, -0.15) is 0 Å². The van der Waals surface area contributed by atoms with E-state index >= 15 is 0 Å². The number of aryl methyl sites for hydroxylation is 2. The smallest absolute Gasteiger partial charge is 0.294 e. The van der Waals surface area contributed by atoms with Gasteiger partial charge in [-0.25, -0.2) is 0 Å². The normalized spacial score (nSPS) is 10.9. The summed E-state index contributed by atoms with van der Waals surface area (Å²) in [5, 5.41) is 11.9. The number of nitrogens with zero attached hydrogens (tertiary/aromatic N) is 1. The van der Waals surface area contributed by atoms with Crippen molar-refractivity contribution in [1.82, 2.24) is 4.98 Å². The van der Waals surface area contributed by atoms with Crippen LogP contribution in [0.5, 0.6) is 0 Å². The van der Waals surface area contributed by atoms with E-state index in [0.717, 1.165) is 26.6 Å². The molecular weight excluding hydrogens is 319 g/mol. The highest BCUT2D eigenvalue weighted by Crippen LogP contribution is 2.31. The van der Waals surface area contributed by atoms with Crippen molar-refractivity contribution in [1.29, 1.82) is 0 Å². The molecule has 0 saturated heterocycles. The Morgan fingerprint density at radius 2 is 2.19 bits per heavy atom. The van der Waals surface area contributed by atoms with Gasteiger partial charge in [-0.1, -0.05) is 6.92 Å². The van der Waals surface area contributed by atoms with E-state index in [2.05, 4.69) is 27.6 Å². The maximum absolute atomic E-state index is 11.0. The molecule has 0 bridgehead atoms. The van der Waals surface area contributed by atoms with Crippen LogP contribution in [0.1, 0.15) is 18.2 Å². The number of aromatic amines is 1. The summed E-state index contributed by atoms with van der Waals surface area (Å²) in [5.41, 5.74) is 2.98. The average molecular weight is 330 g/mol. The van der Waals surface area contributed by atoms with Crippen LogP contribution in [0, 0.1) is 20.6 Å². The SMILES string of the molecule is CCc1[nH]c2c([N+](=O)[O-])cc(I)cc2c1C. The fourth-order valence-corrected chi connectivity index (χ4v) is 2.53. The minimum Gasteiger partial charge on any atom is -0.353 e. The van der Waals surface area contributed by atoms with Crippen molar-refractivity contribution in [2.75, 3.05) is 0 Å². The molecule has 16 heavy (non-hydrogen) atoms. The van der Waals surface area contributed by atoms with E-state index in [1.54, 1.807) is 6.07 Å². The zero-order valence-electron chi connectivity index (χ0n) is 9.00. The summed E-state index contributed by atoms with van der Waals surface area (Å²) in [5.74, 6) is 0. The maximum Gasteiger partial charge on any atom is 0.294 e. The fraction of sp³-hybridized carbons (Fsp3) is 0.273. The zero-order chi connectivity index (χ0) is 11.9. The first-order valence-electron chi connectivity index (χ1n) is 4.99. The van der Waals surface area contributed by atoms with Gasteiger partial charge in [0.15, 0.2) is 0 Å². The second kappa shape index (κ2) is 4.04. The Bertz CT molecular complexity index is 575. The molecule has 1 heterocycles. The Morgan fingerprint density at radius 1 is 1.50 bits per heavy atom. The molecule has 0 spiro atoms. The number of nitrogens with one attached hydrogen (secondary N) is 1. The van der Waals surface area contributed by atoms with Crippen molar-refractivity contribution in [3.05, 3.63) is 37.1 Å². The quantitative estimate of drug-likeness (QED) is 0.520. The van der Waals surface area contributed by atoms with E-state index in [1.165, 1.54) is 0 Å². The van der Waals surface area contributed by atoms with Gasteiger partial charge >= 0.3 is 0 Å². The molecule has 0 radical (unpaired) electrons. The van der Waals surface area contributed by atoms with E-state index in [4.69, 9.17) is 0 Å². The number of hydrogen-bond donors (Lipinski definition) is 1. The first-order chi connectivity index (χ1) is 7.54. The molecule has 84 valence electrons. The van der Waals surface area contributed by atoms with Gasteiger partial charge in [-0.3, -0.25) is 10.1 Å². The monoisotopic (exact) mass is 330 g/mol. The molecule has 1 aromatic heterocycles. The van der Waals surface area contributed by atoms with E-state index in [0.29, 0.717) is 5.52 Å². The van der Waals surface area contributed by atoms with Crippen LogP contribution >= 0.6 is 22.6 Å². The van der Waals surface area contributed by atoms with Gasteiger partial charge in [0.2, 0.25) is 0 Å². The van der Waals surface area contributed by atoms with Crippen LogP contribution in [-0.2, 0) is 6.42 Å². The molecule has 0 amide bonds. The predicted octanol–water partition coefficient (Wildman–Crippen LogP) is 3.55. The topological polar surface area (TPSA) is 58.9 Å². The predicted molar refractivity (Wildman–Crippen MR) is 71.8 cm³/mol. The van der Waals surface area contributed by atoms with E-state index in [9.17, 15) is 10.1 Å². The third-order valence-corrected chi connectivity index (χ3v) is 3.39. The third-order valence-electron chi connectivity index (χ3n) is 2.77. The summed E-state index contributed by atoms with van der Waals surface area (Å²) < 4.78 is 0.890. The Morgan fingerprint density at radius 3 is 2.75 bits per heavy atom. The molecule has 0 aliphatic rings. The van der Waals surface area contributed by atoms with Crippen LogP contribution in [0.2, 0.25) is 0 Å². The van der Waals surface area contributed by atoms with Gasteiger partial charge in [-0.15, -0.1) is 0 Å². The van der Waals surface area contributed by atoms with Crippen LogP contribution in [-0.4, -0.2) is 9.91 Å². The van der Waals surface area contributed by atoms with Crippen molar-refractivity contribution in [2.45, 2.75) is 20.3 Å². The number of halogens is 1. The van der Waals surface area contributed by atoms with Crippen LogP contribution in [0.3, 0.4) is 0 Å². The fourth-order valence-electron chi connectivity index (χ4n) is 1.92. The zero-order valence-corrected chi connectivity index (χ0v) is 11.2. The molecule has 1 aromatic carbocycles. The number of H-pyrrole nitrogens is 1. The average Bonchev–Trinajstić information content (AvgIpc) is 2.55. The standard InChI is InChI=1S/C11H11IN2O2/c1-3-9-6(2)8-4-7(12)5-10(14(15)16)11(8)13-9/h4-5,13H,3H2,1-2H3. The van der Waals surface area contributed by atoms with Gasteiger partial charge in [0.25, 0.3) is 5.69 Å². The molecule has 0 fully saturated rings. The highest BCUT2D eigenvalue weighted by molar-refractivity contribution is 14.1. The van der Waals surface area contributed by atoms with Gasteiger partial charge in [-0.05, 0) is 47.6 Å². The van der Waals surface area contributed by atoms with Crippen LogP contribution in [0.4, 0.5) is 5.69 Å². The van der Waals surface area contributed by atoms with Crippen molar-refractivity contribution in [3.63, 3.8) is 0 Å². The van der Waals surface area contributed by atoms with Crippen molar-refractivity contribution < 1.29 is 4.92 Å². The Hall–Kier alpha value is -1.11. The third kappa shape index (κ3) is 1.68. The number of non-ortho nitro benzene ring substituents is 1. The Labute approximate surface area is 106 Å². The van der Waals surface area contributed by atoms with Crippen LogP contribution in [0.15, 0.2) is 12.1 Å². The van der Waals surface area contributed by atoms with E-state index in [-0.39, 0.29) is 10.6 Å². The first-order valence-corrected chi connectivity index (χ1v) is 6.07. The lowest BCUT2D eigenvalue weighted by molar-refractivity contribution is -0.383. The first kappa shape index (κ1) is 11.4. The Kier molecular flexibility index (Phi) is 2.88. The van der Waals surface area contributed by atoms with E-state index < -0.39 is 0 Å². The number of nitro benzene ring substituents is 1. The Balaban J connectivity index is 2.87. The van der Waals surface area contributed by atoms with Crippen LogP contribution < -0.4 is 0 Å². The number of rotatable bonds is 2. The highest BCUT2D eigenvalue weighted by Gasteiger charge is 2.17. The second-order valence-corrected chi connectivity index (χ2v) is 4.93. The van der Waals surface area contributed by atoms with Crippen molar-refractivity contribution in [3.8, 4) is 0 Å². The van der Waals surface area contributed by atoms with Gasteiger partial charge in [0.05, 0.1) is 4.92 Å².